The second-order valence-corrected chi connectivity index (χ2v) is 4.46. The van der Waals surface area contributed by atoms with Crippen molar-refractivity contribution in [3.8, 4) is 0 Å². The number of nitrogens with zero attached hydrogens (tertiary/aromatic N) is 1. The summed E-state index contributed by atoms with van der Waals surface area (Å²) in [6.07, 6.45) is 1.03. The largest absolute Gasteiger partial charge is 0.395 e. The number of rotatable bonds is 5. The molecule has 17 heavy (non-hydrogen) atoms. The number of aliphatic hydroxyl groups is 1. The minimum absolute atomic E-state index is 0.230. The molecule has 0 heterocycles. The molecule has 0 saturated heterocycles. The van der Waals surface area contributed by atoms with Crippen molar-refractivity contribution in [3.63, 3.8) is 0 Å². The van der Waals surface area contributed by atoms with E-state index in [2.05, 4.69) is 47.4 Å². The third kappa shape index (κ3) is 3.29. The minimum atomic E-state index is 0.230. The summed E-state index contributed by atoms with van der Waals surface area (Å²) in [7, 11) is 2.04. The molecule has 0 radical (unpaired) electrons. The molecule has 2 rings (SSSR count). The van der Waals surface area contributed by atoms with Gasteiger partial charge in [-0.1, -0.05) is 42.5 Å². The predicted molar refractivity (Wildman–Crippen MR) is 72.2 cm³/mol. The lowest BCUT2D eigenvalue weighted by atomic mass is 10.1. The van der Waals surface area contributed by atoms with Gasteiger partial charge in [0.15, 0.2) is 0 Å². The lowest BCUT2D eigenvalue weighted by Gasteiger charge is -2.14. The molecule has 2 aromatic rings. The highest BCUT2D eigenvalue weighted by Gasteiger charge is 1.99. The van der Waals surface area contributed by atoms with Crippen molar-refractivity contribution < 1.29 is 5.11 Å². The second kappa shape index (κ2) is 5.80. The maximum atomic E-state index is 8.83. The number of hydrogen-bond donors (Lipinski definition) is 1. The van der Waals surface area contributed by atoms with Crippen molar-refractivity contribution in [2.45, 2.75) is 6.42 Å². The molecule has 0 saturated carbocycles. The van der Waals surface area contributed by atoms with Gasteiger partial charge in [0.1, 0.15) is 0 Å². The summed E-state index contributed by atoms with van der Waals surface area (Å²) >= 11 is 0. The average molecular weight is 229 g/mol. The van der Waals surface area contributed by atoms with Crippen molar-refractivity contribution in [1.29, 1.82) is 0 Å². The molecule has 0 aliphatic heterocycles. The predicted octanol–water partition coefficient (Wildman–Crippen LogP) is 2.31. The van der Waals surface area contributed by atoms with Crippen molar-refractivity contribution in [2.75, 3.05) is 26.7 Å². The van der Waals surface area contributed by atoms with E-state index in [0.717, 1.165) is 19.5 Å². The Balaban J connectivity index is 2.04. The number of fused-ring (bicyclic) bond motifs is 1. The van der Waals surface area contributed by atoms with E-state index in [0.29, 0.717) is 0 Å². The standard InChI is InChI=1S/C15H19NO/c1-16(10-11-17)9-8-13-6-7-14-4-2-3-5-15(14)12-13/h2-7,12,17H,8-11H2,1H3. The number of aliphatic hydroxyl groups excluding tert-OH is 1. The summed E-state index contributed by atoms with van der Waals surface area (Å²) in [6, 6.07) is 15.0. The first-order valence-electron chi connectivity index (χ1n) is 6.06. The molecule has 0 unspecified atom stereocenters. The topological polar surface area (TPSA) is 23.5 Å². The lowest BCUT2D eigenvalue weighted by Crippen LogP contribution is -2.24. The van der Waals surface area contributed by atoms with Crippen LogP contribution in [0.2, 0.25) is 0 Å². The van der Waals surface area contributed by atoms with Crippen LogP contribution >= 0.6 is 0 Å². The highest BCUT2D eigenvalue weighted by molar-refractivity contribution is 5.82. The van der Waals surface area contributed by atoms with Gasteiger partial charge in [0.05, 0.1) is 6.61 Å². The van der Waals surface area contributed by atoms with Crippen LogP contribution in [0.3, 0.4) is 0 Å². The molecule has 0 aliphatic carbocycles. The molecule has 0 aliphatic rings. The summed E-state index contributed by atoms with van der Waals surface area (Å²) < 4.78 is 0. The van der Waals surface area contributed by atoms with Crippen LogP contribution in [0.25, 0.3) is 10.8 Å². The first kappa shape index (κ1) is 12.1. The Labute approximate surface area is 102 Å². The molecule has 2 nitrogen and oxygen atoms in total. The minimum Gasteiger partial charge on any atom is -0.395 e. The molecular weight excluding hydrogens is 210 g/mol. The first-order chi connectivity index (χ1) is 8.29. The number of hydrogen-bond acceptors (Lipinski definition) is 2. The van der Waals surface area contributed by atoms with Gasteiger partial charge in [-0.15, -0.1) is 0 Å². The van der Waals surface area contributed by atoms with E-state index in [1.54, 1.807) is 0 Å². The molecule has 90 valence electrons. The Kier molecular flexibility index (Phi) is 4.13. The van der Waals surface area contributed by atoms with Gasteiger partial charge in [0, 0.05) is 13.1 Å². The van der Waals surface area contributed by atoms with Crippen LogP contribution in [0.15, 0.2) is 42.5 Å². The van der Waals surface area contributed by atoms with Gasteiger partial charge in [-0.05, 0) is 29.8 Å². The maximum absolute atomic E-state index is 8.83. The molecule has 0 bridgehead atoms. The third-order valence-electron chi connectivity index (χ3n) is 3.08. The molecule has 2 heteroatoms. The fourth-order valence-corrected chi connectivity index (χ4v) is 2.00. The van der Waals surface area contributed by atoms with Gasteiger partial charge < -0.3 is 10.0 Å². The van der Waals surface area contributed by atoms with Crippen molar-refractivity contribution in [2.24, 2.45) is 0 Å². The zero-order valence-corrected chi connectivity index (χ0v) is 10.3. The summed E-state index contributed by atoms with van der Waals surface area (Å²) in [5.41, 5.74) is 1.36. The fourth-order valence-electron chi connectivity index (χ4n) is 2.00. The number of benzene rings is 2. The molecule has 0 amide bonds. The van der Waals surface area contributed by atoms with Gasteiger partial charge in [-0.3, -0.25) is 0 Å². The zero-order chi connectivity index (χ0) is 12.1. The number of likely N-dealkylation sites (N-methyl/N-ethyl adjacent to an activating group) is 1. The molecule has 2 aromatic carbocycles. The van der Waals surface area contributed by atoms with Gasteiger partial charge in [0.25, 0.3) is 0 Å². The first-order valence-corrected chi connectivity index (χ1v) is 6.06. The van der Waals surface area contributed by atoms with Gasteiger partial charge in [0.2, 0.25) is 0 Å². The van der Waals surface area contributed by atoms with E-state index in [1.165, 1.54) is 16.3 Å². The van der Waals surface area contributed by atoms with Crippen molar-refractivity contribution >= 4 is 10.8 Å². The van der Waals surface area contributed by atoms with Crippen LogP contribution in [-0.2, 0) is 6.42 Å². The molecule has 0 aromatic heterocycles. The quantitative estimate of drug-likeness (QED) is 0.850. The lowest BCUT2D eigenvalue weighted by molar-refractivity contribution is 0.223. The molecule has 0 spiro atoms. The zero-order valence-electron chi connectivity index (χ0n) is 10.3. The van der Waals surface area contributed by atoms with E-state index >= 15 is 0 Å². The Morgan fingerprint density at radius 1 is 1.00 bits per heavy atom. The Bertz CT molecular complexity index is 481. The molecule has 0 fully saturated rings. The Morgan fingerprint density at radius 2 is 1.76 bits per heavy atom. The van der Waals surface area contributed by atoms with Crippen molar-refractivity contribution in [1.82, 2.24) is 4.90 Å². The summed E-state index contributed by atoms with van der Waals surface area (Å²) in [5, 5.41) is 11.4. The maximum Gasteiger partial charge on any atom is 0.0558 e. The third-order valence-corrected chi connectivity index (χ3v) is 3.08. The van der Waals surface area contributed by atoms with E-state index in [9.17, 15) is 0 Å². The fraction of sp³-hybridized carbons (Fsp3) is 0.333. The van der Waals surface area contributed by atoms with Crippen molar-refractivity contribution in [3.05, 3.63) is 48.0 Å². The van der Waals surface area contributed by atoms with E-state index in [1.807, 2.05) is 7.05 Å². The SMILES string of the molecule is CN(CCO)CCc1ccc2ccccc2c1. The van der Waals surface area contributed by atoms with Gasteiger partial charge in [-0.2, -0.15) is 0 Å². The smallest absolute Gasteiger partial charge is 0.0558 e. The van der Waals surface area contributed by atoms with Crippen LogP contribution < -0.4 is 0 Å². The van der Waals surface area contributed by atoms with Crippen LogP contribution in [0.5, 0.6) is 0 Å². The van der Waals surface area contributed by atoms with Gasteiger partial charge >= 0.3 is 0 Å². The Morgan fingerprint density at radius 3 is 2.53 bits per heavy atom. The van der Waals surface area contributed by atoms with Gasteiger partial charge in [-0.25, -0.2) is 0 Å². The Hall–Kier alpha value is -1.38. The average Bonchev–Trinajstić information content (AvgIpc) is 2.36. The molecule has 0 atom stereocenters. The monoisotopic (exact) mass is 229 g/mol. The van der Waals surface area contributed by atoms with E-state index < -0.39 is 0 Å². The second-order valence-electron chi connectivity index (χ2n) is 4.46. The van der Waals surface area contributed by atoms with Crippen LogP contribution in [0.4, 0.5) is 0 Å². The summed E-state index contributed by atoms with van der Waals surface area (Å²) in [4.78, 5) is 2.15. The van der Waals surface area contributed by atoms with Crippen LogP contribution in [0, 0.1) is 0 Å². The normalized spacial score (nSPS) is 11.2. The summed E-state index contributed by atoms with van der Waals surface area (Å²) in [6.45, 7) is 1.96. The summed E-state index contributed by atoms with van der Waals surface area (Å²) in [5.74, 6) is 0. The van der Waals surface area contributed by atoms with E-state index in [-0.39, 0.29) is 6.61 Å². The van der Waals surface area contributed by atoms with E-state index in [4.69, 9.17) is 5.11 Å². The highest BCUT2D eigenvalue weighted by Crippen LogP contribution is 2.15. The van der Waals surface area contributed by atoms with Crippen LogP contribution in [-0.4, -0.2) is 36.8 Å². The van der Waals surface area contributed by atoms with Crippen LogP contribution in [0.1, 0.15) is 5.56 Å². The molecule has 1 N–H and O–H groups in total. The highest BCUT2D eigenvalue weighted by atomic mass is 16.3. The molecular formula is C15H19NO.